The molecule has 0 spiro atoms. The molecule has 0 unspecified atom stereocenters. The second-order valence-corrected chi connectivity index (χ2v) is 10.9. The SMILES string of the molecule is CCCCNC(=O)[C@H](Cc1ccccc1)N(Cc1ccc(Cl)cc1)C(=O)CSCc1c(Cl)cccc1Cl. The number of rotatable bonds is 13. The molecule has 0 aliphatic heterocycles. The number of carbonyl (C=O) groups excluding carboxylic acids is 2. The minimum Gasteiger partial charge on any atom is -0.354 e. The Labute approximate surface area is 238 Å². The summed E-state index contributed by atoms with van der Waals surface area (Å²) in [5, 5.41) is 4.80. The summed E-state index contributed by atoms with van der Waals surface area (Å²) in [6.07, 6.45) is 2.26. The standard InChI is InChI=1S/C29H31Cl3N2O2S/c1-2-3-16-33-29(36)27(17-21-8-5-4-6-9-21)34(18-22-12-14-23(30)15-13-22)28(35)20-37-19-24-25(31)10-7-11-26(24)32/h4-15,27H,2-3,16-20H2,1H3,(H,33,36)/t27-/m0/s1. The van der Waals surface area contributed by atoms with Gasteiger partial charge in [0, 0.05) is 40.3 Å². The van der Waals surface area contributed by atoms with Gasteiger partial charge in [0.1, 0.15) is 6.04 Å². The van der Waals surface area contributed by atoms with Crippen LogP contribution in [0.5, 0.6) is 0 Å². The lowest BCUT2D eigenvalue weighted by atomic mass is 10.0. The van der Waals surface area contributed by atoms with Crippen molar-refractivity contribution in [3.63, 3.8) is 0 Å². The molecule has 0 aliphatic carbocycles. The van der Waals surface area contributed by atoms with Crippen molar-refractivity contribution in [2.45, 2.75) is 44.5 Å². The second kappa shape index (κ2) is 15.3. The molecule has 3 aromatic rings. The van der Waals surface area contributed by atoms with E-state index in [4.69, 9.17) is 34.8 Å². The van der Waals surface area contributed by atoms with Crippen LogP contribution in [0, 0.1) is 0 Å². The quantitative estimate of drug-likeness (QED) is 0.215. The third kappa shape index (κ3) is 9.26. The minimum absolute atomic E-state index is 0.130. The highest BCUT2D eigenvalue weighted by molar-refractivity contribution is 7.99. The fourth-order valence-electron chi connectivity index (χ4n) is 3.84. The average Bonchev–Trinajstić information content (AvgIpc) is 2.89. The fraction of sp³-hybridized carbons (Fsp3) is 0.310. The van der Waals surface area contributed by atoms with Gasteiger partial charge in [-0.3, -0.25) is 9.59 Å². The molecule has 4 nitrogen and oxygen atoms in total. The maximum atomic E-state index is 13.7. The van der Waals surface area contributed by atoms with Gasteiger partial charge in [-0.05, 0) is 47.4 Å². The van der Waals surface area contributed by atoms with Gasteiger partial charge in [-0.2, -0.15) is 0 Å². The molecule has 37 heavy (non-hydrogen) atoms. The van der Waals surface area contributed by atoms with Crippen LogP contribution in [0.1, 0.15) is 36.5 Å². The molecule has 2 amide bonds. The van der Waals surface area contributed by atoms with E-state index >= 15 is 0 Å². The summed E-state index contributed by atoms with van der Waals surface area (Å²) in [4.78, 5) is 28.8. The van der Waals surface area contributed by atoms with Crippen LogP contribution in [0.25, 0.3) is 0 Å². The maximum Gasteiger partial charge on any atom is 0.243 e. The monoisotopic (exact) mass is 576 g/mol. The number of halogens is 3. The van der Waals surface area contributed by atoms with Crippen molar-refractivity contribution in [2.24, 2.45) is 0 Å². The lowest BCUT2D eigenvalue weighted by molar-refractivity contribution is -0.139. The van der Waals surface area contributed by atoms with E-state index < -0.39 is 6.04 Å². The molecule has 1 N–H and O–H groups in total. The first-order chi connectivity index (χ1) is 17.9. The largest absolute Gasteiger partial charge is 0.354 e. The Morgan fingerprint density at radius 2 is 1.57 bits per heavy atom. The number of amides is 2. The average molecular weight is 578 g/mol. The molecule has 0 bridgehead atoms. The lowest BCUT2D eigenvalue weighted by Gasteiger charge is -2.31. The Kier molecular flexibility index (Phi) is 12.1. The molecular formula is C29H31Cl3N2O2S. The van der Waals surface area contributed by atoms with E-state index in [0.717, 1.165) is 29.5 Å². The van der Waals surface area contributed by atoms with E-state index in [1.54, 1.807) is 35.2 Å². The van der Waals surface area contributed by atoms with Crippen molar-refractivity contribution in [1.82, 2.24) is 10.2 Å². The summed E-state index contributed by atoms with van der Waals surface area (Å²) < 4.78 is 0. The molecule has 1 atom stereocenters. The topological polar surface area (TPSA) is 49.4 Å². The van der Waals surface area contributed by atoms with Gasteiger partial charge in [-0.15, -0.1) is 11.8 Å². The number of nitrogens with zero attached hydrogens (tertiary/aromatic N) is 1. The van der Waals surface area contributed by atoms with Crippen molar-refractivity contribution >= 4 is 58.4 Å². The molecule has 0 saturated heterocycles. The van der Waals surface area contributed by atoms with Crippen molar-refractivity contribution in [3.8, 4) is 0 Å². The number of hydrogen-bond donors (Lipinski definition) is 1. The van der Waals surface area contributed by atoms with Gasteiger partial charge in [0.2, 0.25) is 11.8 Å². The molecule has 8 heteroatoms. The number of benzene rings is 3. The highest BCUT2D eigenvalue weighted by atomic mass is 35.5. The van der Waals surface area contributed by atoms with Crippen LogP contribution in [-0.4, -0.2) is 35.1 Å². The molecule has 3 aromatic carbocycles. The summed E-state index contributed by atoms with van der Waals surface area (Å²) >= 11 is 20.1. The van der Waals surface area contributed by atoms with E-state index in [2.05, 4.69) is 12.2 Å². The van der Waals surface area contributed by atoms with Gasteiger partial charge >= 0.3 is 0 Å². The lowest BCUT2D eigenvalue weighted by Crippen LogP contribution is -2.51. The van der Waals surface area contributed by atoms with Crippen LogP contribution in [0.15, 0.2) is 72.8 Å². The molecule has 0 aliphatic rings. The van der Waals surface area contributed by atoms with Gasteiger partial charge in [0.05, 0.1) is 5.75 Å². The van der Waals surface area contributed by atoms with Crippen LogP contribution in [0.3, 0.4) is 0 Å². The Bertz CT molecular complexity index is 1140. The van der Waals surface area contributed by atoms with Gasteiger partial charge in [0.25, 0.3) is 0 Å². The van der Waals surface area contributed by atoms with Gasteiger partial charge in [0.15, 0.2) is 0 Å². The summed E-state index contributed by atoms with van der Waals surface area (Å²) in [5.41, 5.74) is 2.69. The third-order valence-corrected chi connectivity index (χ3v) is 7.80. The van der Waals surface area contributed by atoms with E-state index in [9.17, 15) is 9.59 Å². The molecule has 0 radical (unpaired) electrons. The van der Waals surface area contributed by atoms with Crippen LogP contribution in [0.2, 0.25) is 15.1 Å². The van der Waals surface area contributed by atoms with Crippen LogP contribution in [-0.2, 0) is 28.3 Å². The molecule has 196 valence electrons. The number of carbonyl (C=O) groups is 2. The Morgan fingerprint density at radius 1 is 0.892 bits per heavy atom. The first-order valence-corrected chi connectivity index (χ1v) is 14.5. The van der Waals surface area contributed by atoms with Crippen molar-refractivity contribution < 1.29 is 9.59 Å². The minimum atomic E-state index is -0.660. The molecule has 0 fully saturated rings. The zero-order valence-corrected chi connectivity index (χ0v) is 23.8. The van der Waals surface area contributed by atoms with E-state index in [0.29, 0.717) is 40.3 Å². The molecule has 0 heterocycles. The number of nitrogens with one attached hydrogen (secondary N) is 1. The predicted octanol–water partition coefficient (Wildman–Crippen LogP) is 7.44. The summed E-state index contributed by atoms with van der Waals surface area (Å²) in [6.45, 7) is 2.94. The van der Waals surface area contributed by atoms with E-state index in [-0.39, 0.29) is 17.6 Å². The van der Waals surface area contributed by atoms with Gasteiger partial charge in [-0.1, -0.05) is 96.7 Å². The summed E-state index contributed by atoms with van der Waals surface area (Å²) in [7, 11) is 0. The van der Waals surface area contributed by atoms with Gasteiger partial charge < -0.3 is 10.2 Å². The normalized spacial score (nSPS) is 11.7. The molecule has 0 aromatic heterocycles. The maximum absolute atomic E-state index is 13.7. The van der Waals surface area contributed by atoms with Gasteiger partial charge in [-0.25, -0.2) is 0 Å². The summed E-state index contributed by atoms with van der Waals surface area (Å²) in [6, 6.07) is 21.8. The highest BCUT2D eigenvalue weighted by Gasteiger charge is 2.30. The zero-order valence-electron chi connectivity index (χ0n) is 20.8. The zero-order chi connectivity index (χ0) is 26.6. The first-order valence-electron chi connectivity index (χ1n) is 12.2. The second-order valence-electron chi connectivity index (χ2n) is 8.69. The molecule has 3 rings (SSSR count). The molecular weight excluding hydrogens is 547 g/mol. The van der Waals surface area contributed by atoms with Crippen molar-refractivity contribution in [1.29, 1.82) is 0 Å². The third-order valence-electron chi connectivity index (χ3n) is 5.90. The van der Waals surface area contributed by atoms with E-state index in [1.807, 2.05) is 42.5 Å². The fourth-order valence-corrected chi connectivity index (χ4v) is 5.61. The summed E-state index contributed by atoms with van der Waals surface area (Å²) in [5.74, 6) is 0.391. The van der Waals surface area contributed by atoms with Crippen molar-refractivity contribution in [2.75, 3.05) is 12.3 Å². The first kappa shape index (κ1) is 29.4. The number of thioether (sulfide) groups is 1. The number of unbranched alkanes of at least 4 members (excludes halogenated alkanes) is 1. The van der Waals surface area contributed by atoms with Crippen molar-refractivity contribution in [3.05, 3.63) is 105 Å². The van der Waals surface area contributed by atoms with Crippen LogP contribution >= 0.6 is 46.6 Å². The van der Waals surface area contributed by atoms with E-state index in [1.165, 1.54) is 11.8 Å². The smallest absolute Gasteiger partial charge is 0.243 e. The van der Waals surface area contributed by atoms with Crippen LogP contribution in [0.4, 0.5) is 0 Å². The molecule has 0 saturated carbocycles. The Morgan fingerprint density at radius 3 is 2.22 bits per heavy atom. The highest BCUT2D eigenvalue weighted by Crippen LogP contribution is 2.28. The predicted molar refractivity (Wildman–Crippen MR) is 156 cm³/mol. The Hall–Kier alpha value is -2.18. The number of hydrogen-bond acceptors (Lipinski definition) is 3. The Balaban J connectivity index is 1.84. The van der Waals surface area contributed by atoms with Crippen LogP contribution < -0.4 is 5.32 Å².